The van der Waals surface area contributed by atoms with Crippen molar-refractivity contribution in [2.45, 2.75) is 29.8 Å². The van der Waals surface area contributed by atoms with E-state index in [9.17, 15) is 13.2 Å². The maximum absolute atomic E-state index is 13.0. The summed E-state index contributed by atoms with van der Waals surface area (Å²) in [5.74, 6) is 0.612. The van der Waals surface area contributed by atoms with E-state index in [1.54, 1.807) is 31.4 Å². The molecule has 0 bridgehead atoms. The van der Waals surface area contributed by atoms with Gasteiger partial charge in [0, 0.05) is 32.2 Å². The standard InChI is InChI=1S/C22H27N3O4S/c1-29-19-9-11-20(12-10-19)30(27,28)25-15-13-24(14-16-25)21(17-5-3-2-4-6-17)22(26)23-18-7-8-18/h2-6,9-12,18,21H,7-8,13-16H2,1H3,(H,23,26)/t21-/m1/s1. The van der Waals surface area contributed by atoms with Gasteiger partial charge in [-0.15, -0.1) is 0 Å². The van der Waals surface area contributed by atoms with Gasteiger partial charge in [-0.3, -0.25) is 9.69 Å². The van der Waals surface area contributed by atoms with Gasteiger partial charge in [0.15, 0.2) is 0 Å². The summed E-state index contributed by atoms with van der Waals surface area (Å²) in [6.45, 7) is 1.67. The van der Waals surface area contributed by atoms with Gasteiger partial charge in [0.25, 0.3) is 0 Å². The summed E-state index contributed by atoms with van der Waals surface area (Å²) in [5, 5.41) is 3.10. The highest BCUT2D eigenvalue weighted by Gasteiger charge is 2.36. The molecule has 1 atom stereocenters. The molecular weight excluding hydrogens is 402 g/mol. The molecule has 160 valence electrons. The van der Waals surface area contributed by atoms with Crippen LogP contribution in [0.25, 0.3) is 0 Å². The Morgan fingerprint density at radius 1 is 1.00 bits per heavy atom. The molecule has 1 aliphatic heterocycles. The SMILES string of the molecule is COc1ccc(S(=O)(=O)N2CCN([C@@H](C(=O)NC3CC3)c3ccccc3)CC2)cc1. The molecule has 1 saturated carbocycles. The van der Waals surface area contributed by atoms with Gasteiger partial charge >= 0.3 is 0 Å². The fourth-order valence-electron chi connectivity index (χ4n) is 3.77. The van der Waals surface area contributed by atoms with Gasteiger partial charge in [0.05, 0.1) is 12.0 Å². The number of piperazine rings is 1. The number of nitrogens with one attached hydrogen (secondary N) is 1. The third kappa shape index (κ3) is 4.50. The molecule has 1 amide bonds. The Morgan fingerprint density at radius 2 is 1.63 bits per heavy atom. The minimum absolute atomic E-state index is 0.00448. The van der Waals surface area contributed by atoms with Crippen LogP contribution in [0.2, 0.25) is 0 Å². The lowest BCUT2D eigenvalue weighted by molar-refractivity contribution is -0.127. The fourth-order valence-corrected chi connectivity index (χ4v) is 5.19. The summed E-state index contributed by atoms with van der Waals surface area (Å²) in [6.07, 6.45) is 2.06. The minimum atomic E-state index is -3.58. The van der Waals surface area contributed by atoms with Crippen molar-refractivity contribution in [1.82, 2.24) is 14.5 Å². The molecule has 7 nitrogen and oxygen atoms in total. The van der Waals surface area contributed by atoms with Crippen molar-refractivity contribution < 1.29 is 17.9 Å². The van der Waals surface area contributed by atoms with E-state index in [0.29, 0.717) is 31.9 Å². The number of nitrogens with zero attached hydrogens (tertiary/aromatic N) is 2. The number of carbonyl (C=O) groups is 1. The van der Waals surface area contributed by atoms with Crippen LogP contribution < -0.4 is 10.1 Å². The Hall–Kier alpha value is -2.42. The molecule has 8 heteroatoms. The Balaban J connectivity index is 1.47. The molecule has 1 N–H and O–H groups in total. The third-order valence-corrected chi connectivity index (χ3v) is 7.54. The highest BCUT2D eigenvalue weighted by atomic mass is 32.2. The Morgan fingerprint density at radius 3 is 2.20 bits per heavy atom. The molecule has 2 aromatic rings. The average Bonchev–Trinajstić information content (AvgIpc) is 3.59. The third-order valence-electron chi connectivity index (χ3n) is 5.62. The Labute approximate surface area is 177 Å². The van der Waals surface area contributed by atoms with E-state index in [1.807, 2.05) is 30.3 Å². The Bertz CT molecular complexity index is 967. The van der Waals surface area contributed by atoms with E-state index in [0.717, 1.165) is 18.4 Å². The predicted octanol–water partition coefficient (Wildman–Crippen LogP) is 2.02. The van der Waals surface area contributed by atoms with Crippen molar-refractivity contribution in [2.75, 3.05) is 33.3 Å². The minimum Gasteiger partial charge on any atom is -0.497 e. The number of hydrogen-bond donors (Lipinski definition) is 1. The number of sulfonamides is 1. The van der Waals surface area contributed by atoms with Gasteiger partial charge in [-0.25, -0.2) is 8.42 Å². The highest BCUT2D eigenvalue weighted by Crippen LogP contribution is 2.27. The van der Waals surface area contributed by atoms with Gasteiger partial charge < -0.3 is 10.1 Å². The molecule has 1 saturated heterocycles. The van der Waals surface area contributed by atoms with E-state index in [-0.39, 0.29) is 16.8 Å². The normalized spacial score (nSPS) is 19.2. The molecule has 1 aliphatic carbocycles. The first-order valence-corrected chi connectivity index (χ1v) is 11.7. The summed E-state index contributed by atoms with van der Waals surface area (Å²) >= 11 is 0. The molecule has 0 aromatic heterocycles. The summed E-state index contributed by atoms with van der Waals surface area (Å²) in [4.78, 5) is 15.3. The fraction of sp³-hybridized carbons (Fsp3) is 0.409. The summed E-state index contributed by atoms with van der Waals surface area (Å²) in [5.41, 5.74) is 0.933. The first-order chi connectivity index (χ1) is 14.5. The second kappa shape index (κ2) is 8.75. The van der Waals surface area contributed by atoms with Crippen molar-refractivity contribution in [3.8, 4) is 5.75 Å². The molecule has 0 radical (unpaired) electrons. The molecular formula is C22H27N3O4S. The van der Waals surface area contributed by atoms with Crippen LogP contribution in [0, 0.1) is 0 Å². The van der Waals surface area contributed by atoms with Gasteiger partial charge in [-0.05, 0) is 42.7 Å². The van der Waals surface area contributed by atoms with Crippen molar-refractivity contribution in [3.05, 3.63) is 60.2 Å². The maximum atomic E-state index is 13.0. The Kier molecular flexibility index (Phi) is 6.08. The highest BCUT2D eigenvalue weighted by molar-refractivity contribution is 7.89. The summed E-state index contributed by atoms with van der Waals surface area (Å²) in [6, 6.07) is 16.0. The van der Waals surface area contributed by atoms with E-state index in [4.69, 9.17) is 4.74 Å². The topological polar surface area (TPSA) is 79.0 Å². The van der Waals surface area contributed by atoms with Gasteiger partial charge in [0.2, 0.25) is 15.9 Å². The number of carbonyl (C=O) groups excluding carboxylic acids is 1. The van der Waals surface area contributed by atoms with Crippen LogP contribution in [0.3, 0.4) is 0 Å². The number of benzene rings is 2. The number of hydrogen-bond acceptors (Lipinski definition) is 5. The predicted molar refractivity (Wildman–Crippen MR) is 114 cm³/mol. The lowest BCUT2D eigenvalue weighted by Gasteiger charge is -2.38. The van der Waals surface area contributed by atoms with E-state index < -0.39 is 16.1 Å². The zero-order valence-electron chi connectivity index (χ0n) is 17.0. The van der Waals surface area contributed by atoms with Crippen molar-refractivity contribution in [2.24, 2.45) is 0 Å². The molecule has 2 fully saturated rings. The van der Waals surface area contributed by atoms with Crippen molar-refractivity contribution >= 4 is 15.9 Å². The molecule has 0 unspecified atom stereocenters. The monoisotopic (exact) mass is 429 g/mol. The lowest BCUT2D eigenvalue weighted by Crippen LogP contribution is -2.52. The van der Waals surface area contributed by atoms with Crippen LogP contribution >= 0.6 is 0 Å². The van der Waals surface area contributed by atoms with E-state index >= 15 is 0 Å². The molecule has 2 aromatic carbocycles. The molecule has 1 heterocycles. The lowest BCUT2D eigenvalue weighted by atomic mass is 10.0. The second-order valence-corrected chi connectivity index (χ2v) is 9.65. The number of ether oxygens (including phenoxy) is 1. The number of rotatable bonds is 7. The smallest absolute Gasteiger partial charge is 0.243 e. The average molecular weight is 430 g/mol. The molecule has 2 aliphatic rings. The number of methoxy groups -OCH3 is 1. The zero-order valence-corrected chi connectivity index (χ0v) is 17.8. The first-order valence-electron chi connectivity index (χ1n) is 10.2. The quantitative estimate of drug-likeness (QED) is 0.729. The maximum Gasteiger partial charge on any atom is 0.243 e. The van der Waals surface area contributed by atoms with Crippen molar-refractivity contribution in [1.29, 1.82) is 0 Å². The zero-order chi connectivity index (χ0) is 21.1. The van der Waals surface area contributed by atoms with Gasteiger partial charge in [0.1, 0.15) is 11.8 Å². The van der Waals surface area contributed by atoms with Gasteiger partial charge in [-0.1, -0.05) is 30.3 Å². The van der Waals surface area contributed by atoms with Crippen LogP contribution in [0.1, 0.15) is 24.4 Å². The van der Waals surface area contributed by atoms with Crippen LogP contribution in [-0.4, -0.2) is 62.9 Å². The summed E-state index contributed by atoms with van der Waals surface area (Å²) in [7, 11) is -2.03. The van der Waals surface area contributed by atoms with Crippen LogP contribution in [0.5, 0.6) is 5.75 Å². The van der Waals surface area contributed by atoms with Crippen LogP contribution in [0.4, 0.5) is 0 Å². The number of amides is 1. The summed E-state index contributed by atoms with van der Waals surface area (Å²) < 4.78 is 32.6. The van der Waals surface area contributed by atoms with Crippen LogP contribution in [-0.2, 0) is 14.8 Å². The second-order valence-electron chi connectivity index (χ2n) is 7.71. The molecule has 0 spiro atoms. The molecule has 30 heavy (non-hydrogen) atoms. The van der Waals surface area contributed by atoms with Crippen molar-refractivity contribution in [3.63, 3.8) is 0 Å². The van der Waals surface area contributed by atoms with E-state index in [1.165, 1.54) is 4.31 Å². The first kappa shape index (κ1) is 20.8. The van der Waals surface area contributed by atoms with Gasteiger partial charge in [-0.2, -0.15) is 4.31 Å². The van der Waals surface area contributed by atoms with Crippen LogP contribution in [0.15, 0.2) is 59.5 Å². The molecule has 4 rings (SSSR count). The largest absolute Gasteiger partial charge is 0.497 e. The van der Waals surface area contributed by atoms with E-state index in [2.05, 4.69) is 10.2 Å².